The SMILES string of the molecule is COc1ccc(S(C)(=O)=O)cc1NCC#Cc1cc(C(=O)N[C@H]2CCN(C(CF)CF)C[C@@H]2C)c2ncn(CC(F)(F)F)c2c1. The molecule has 0 unspecified atom stereocenters. The quantitative estimate of drug-likeness (QED) is 0.249. The van der Waals surface area contributed by atoms with Crippen LogP contribution < -0.4 is 15.4 Å². The van der Waals surface area contributed by atoms with Gasteiger partial charge in [0.05, 0.1) is 47.7 Å². The van der Waals surface area contributed by atoms with E-state index in [4.69, 9.17) is 4.74 Å². The first-order valence-electron chi connectivity index (χ1n) is 14.1. The van der Waals surface area contributed by atoms with Crippen molar-refractivity contribution in [3.63, 3.8) is 0 Å². The molecule has 2 heterocycles. The molecule has 0 aliphatic carbocycles. The summed E-state index contributed by atoms with van der Waals surface area (Å²) in [5, 5.41) is 5.91. The fourth-order valence-corrected chi connectivity index (χ4v) is 5.92. The third kappa shape index (κ3) is 8.43. The van der Waals surface area contributed by atoms with Crippen molar-refractivity contribution in [3.8, 4) is 17.6 Å². The number of alkyl halides is 5. The molecular weight excluding hydrogens is 621 g/mol. The number of hydrogen-bond acceptors (Lipinski definition) is 7. The molecule has 0 bridgehead atoms. The van der Waals surface area contributed by atoms with E-state index in [1.54, 1.807) is 4.90 Å². The molecule has 1 aliphatic heterocycles. The number of benzene rings is 2. The number of fused-ring (bicyclic) bond motifs is 1. The van der Waals surface area contributed by atoms with E-state index in [0.717, 1.165) is 17.2 Å². The largest absolute Gasteiger partial charge is 0.495 e. The van der Waals surface area contributed by atoms with Crippen LogP contribution in [-0.2, 0) is 16.4 Å². The zero-order valence-electron chi connectivity index (χ0n) is 24.9. The number of piperidine rings is 1. The molecule has 1 amide bonds. The lowest BCUT2D eigenvalue weighted by Crippen LogP contribution is -2.53. The van der Waals surface area contributed by atoms with Gasteiger partial charge >= 0.3 is 6.18 Å². The number of nitrogens with zero attached hydrogens (tertiary/aromatic N) is 3. The summed E-state index contributed by atoms with van der Waals surface area (Å²) in [6.07, 6.45) is -2.01. The first-order valence-corrected chi connectivity index (χ1v) is 16.0. The minimum Gasteiger partial charge on any atom is -0.495 e. The Labute approximate surface area is 258 Å². The van der Waals surface area contributed by atoms with Crippen LogP contribution in [0.2, 0.25) is 0 Å². The van der Waals surface area contributed by atoms with Gasteiger partial charge in [0, 0.05) is 31.0 Å². The number of methoxy groups -OCH3 is 1. The van der Waals surface area contributed by atoms with Gasteiger partial charge in [-0.05, 0) is 42.7 Å². The second-order valence-corrected chi connectivity index (χ2v) is 13.0. The van der Waals surface area contributed by atoms with Gasteiger partial charge in [0.1, 0.15) is 31.2 Å². The first-order chi connectivity index (χ1) is 21.2. The van der Waals surface area contributed by atoms with Crippen LogP contribution in [0.3, 0.4) is 0 Å². The second kappa shape index (κ2) is 14.0. The van der Waals surface area contributed by atoms with E-state index in [9.17, 15) is 35.2 Å². The van der Waals surface area contributed by atoms with Crippen LogP contribution in [0.25, 0.3) is 11.0 Å². The van der Waals surface area contributed by atoms with Gasteiger partial charge in [-0.15, -0.1) is 0 Å². The molecule has 2 aromatic carbocycles. The molecule has 2 atom stereocenters. The number of likely N-dealkylation sites (tertiary alicyclic amines) is 1. The minimum atomic E-state index is -4.54. The van der Waals surface area contributed by atoms with Crippen molar-refractivity contribution in [3.05, 3.63) is 47.8 Å². The number of aromatic nitrogens is 2. The fraction of sp³-hybridized carbons (Fsp3) is 0.467. The Balaban J connectivity index is 1.60. The van der Waals surface area contributed by atoms with Crippen LogP contribution in [0.15, 0.2) is 41.6 Å². The summed E-state index contributed by atoms with van der Waals surface area (Å²) in [4.78, 5) is 19.4. The Hall–Kier alpha value is -3.90. The van der Waals surface area contributed by atoms with E-state index in [-0.39, 0.29) is 45.6 Å². The molecule has 1 fully saturated rings. The van der Waals surface area contributed by atoms with Gasteiger partial charge < -0.3 is 19.9 Å². The molecule has 244 valence electrons. The molecule has 9 nitrogen and oxygen atoms in total. The van der Waals surface area contributed by atoms with Crippen molar-refractivity contribution < 1.29 is 39.9 Å². The van der Waals surface area contributed by atoms with Crippen LogP contribution in [0, 0.1) is 17.8 Å². The van der Waals surface area contributed by atoms with Gasteiger partial charge in [0.15, 0.2) is 9.84 Å². The highest BCUT2D eigenvalue weighted by atomic mass is 32.2. The van der Waals surface area contributed by atoms with Crippen LogP contribution in [-0.4, -0.2) is 93.4 Å². The van der Waals surface area contributed by atoms with Crippen molar-refractivity contribution in [2.75, 3.05) is 51.7 Å². The van der Waals surface area contributed by atoms with Crippen molar-refractivity contribution in [1.82, 2.24) is 19.8 Å². The summed E-state index contributed by atoms with van der Waals surface area (Å²) in [5.74, 6) is 5.38. The number of sulfone groups is 1. The number of anilines is 1. The second-order valence-electron chi connectivity index (χ2n) is 11.0. The Morgan fingerprint density at radius 3 is 2.56 bits per heavy atom. The molecule has 2 N–H and O–H groups in total. The van der Waals surface area contributed by atoms with Crippen LogP contribution in [0.4, 0.5) is 27.6 Å². The topological polar surface area (TPSA) is 106 Å². The predicted octanol–water partition coefficient (Wildman–Crippen LogP) is 4.22. The van der Waals surface area contributed by atoms with E-state index in [1.165, 1.54) is 37.4 Å². The Kier molecular flexibility index (Phi) is 10.6. The first kappa shape index (κ1) is 34.0. The molecule has 1 aliphatic rings. The van der Waals surface area contributed by atoms with Gasteiger partial charge in [-0.1, -0.05) is 18.8 Å². The summed E-state index contributed by atoms with van der Waals surface area (Å²) in [5.41, 5.74) is 0.803. The molecule has 45 heavy (non-hydrogen) atoms. The predicted molar refractivity (Wildman–Crippen MR) is 160 cm³/mol. The molecule has 15 heteroatoms. The highest BCUT2D eigenvalue weighted by molar-refractivity contribution is 7.90. The summed E-state index contributed by atoms with van der Waals surface area (Å²) in [6.45, 7) is -0.340. The van der Waals surface area contributed by atoms with E-state index in [1.807, 2.05) is 6.92 Å². The van der Waals surface area contributed by atoms with Crippen LogP contribution in [0.1, 0.15) is 29.3 Å². The minimum absolute atomic E-state index is 0.0137. The maximum Gasteiger partial charge on any atom is 0.406 e. The van der Waals surface area contributed by atoms with Gasteiger partial charge in [-0.2, -0.15) is 13.2 Å². The molecule has 1 saturated heterocycles. The van der Waals surface area contributed by atoms with Crippen LogP contribution >= 0.6 is 0 Å². The van der Waals surface area contributed by atoms with Gasteiger partial charge in [-0.25, -0.2) is 22.2 Å². The number of carbonyl (C=O) groups is 1. The standard InChI is InChI=1S/C30H34F5N5O4S/c1-19-16-39(21(14-31)15-32)10-8-24(19)38-29(41)23-11-20(12-26-28(23)37-18-40(26)17-30(33,34)35)5-4-9-36-25-13-22(45(3,42)43)6-7-27(25)44-2/h6-7,11-13,18-19,21,24,36H,8-10,14-17H2,1-3H3,(H,38,41)/t19-,24-/m0/s1. The van der Waals surface area contributed by atoms with Gasteiger partial charge in [-0.3, -0.25) is 9.69 Å². The molecule has 1 aromatic heterocycles. The van der Waals surface area contributed by atoms with Crippen molar-refractivity contribution in [2.24, 2.45) is 5.92 Å². The number of ether oxygens (including phenoxy) is 1. The van der Waals surface area contributed by atoms with E-state index < -0.39 is 47.9 Å². The Morgan fingerprint density at radius 1 is 1.20 bits per heavy atom. The molecule has 0 saturated carbocycles. The summed E-state index contributed by atoms with van der Waals surface area (Å²) in [7, 11) is -2.06. The maximum atomic E-state index is 13.5. The van der Waals surface area contributed by atoms with Crippen molar-refractivity contribution in [2.45, 2.75) is 43.0 Å². The summed E-state index contributed by atoms with van der Waals surface area (Å²) in [6, 6.07) is 6.00. The summed E-state index contributed by atoms with van der Waals surface area (Å²) >= 11 is 0. The molecule has 4 rings (SSSR count). The lowest BCUT2D eigenvalue weighted by Gasteiger charge is -2.39. The van der Waals surface area contributed by atoms with E-state index in [2.05, 4.69) is 27.5 Å². The normalized spacial score (nSPS) is 17.6. The van der Waals surface area contributed by atoms with E-state index >= 15 is 0 Å². The average Bonchev–Trinajstić information content (AvgIpc) is 3.37. The number of carbonyl (C=O) groups excluding carboxylic acids is 1. The Bertz CT molecular complexity index is 1700. The lowest BCUT2D eigenvalue weighted by atomic mass is 9.92. The zero-order chi connectivity index (χ0) is 32.9. The lowest BCUT2D eigenvalue weighted by molar-refractivity contribution is -0.139. The highest BCUT2D eigenvalue weighted by Crippen LogP contribution is 2.28. The number of hydrogen-bond donors (Lipinski definition) is 2. The number of imidazole rings is 1. The fourth-order valence-electron chi connectivity index (χ4n) is 5.28. The van der Waals surface area contributed by atoms with Crippen molar-refractivity contribution in [1.29, 1.82) is 0 Å². The van der Waals surface area contributed by atoms with E-state index in [0.29, 0.717) is 30.9 Å². The van der Waals surface area contributed by atoms with Crippen LogP contribution in [0.5, 0.6) is 5.75 Å². The molecular formula is C30H34F5N5O4S. The third-order valence-electron chi connectivity index (χ3n) is 7.64. The zero-order valence-corrected chi connectivity index (χ0v) is 25.7. The van der Waals surface area contributed by atoms with Gasteiger partial charge in [0.25, 0.3) is 5.91 Å². The smallest absolute Gasteiger partial charge is 0.406 e. The number of amides is 1. The Morgan fingerprint density at radius 2 is 1.93 bits per heavy atom. The third-order valence-corrected chi connectivity index (χ3v) is 8.75. The van der Waals surface area contributed by atoms with Crippen molar-refractivity contribution >= 4 is 32.5 Å². The number of rotatable bonds is 10. The highest BCUT2D eigenvalue weighted by Gasteiger charge is 2.32. The number of nitrogens with one attached hydrogen (secondary N) is 2. The maximum absolute atomic E-state index is 13.5. The molecule has 0 spiro atoms. The summed E-state index contributed by atoms with van der Waals surface area (Å²) < 4.78 is 96.4. The monoisotopic (exact) mass is 655 g/mol. The van der Waals surface area contributed by atoms with Gasteiger partial charge in [0.2, 0.25) is 0 Å². The average molecular weight is 656 g/mol. The number of halogens is 5. The molecule has 3 aromatic rings. The molecule has 0 radical (unpaired) electrons.